The lowest BCUT2D eigenvalue weighted by Crippen LogP contribution is -3.14. The highest BCUT2D eigenvalue weighted by molar-refractivity contribution is 6.00. The Balaban J connectivity index is 1.50. The fraction of sp³-hybridized carbons (Fsp3) is 0.519. The van der Waals surface area contributed by atoms with E-state index in [0.29, 0.717) is 30.1 Å². The number of anilines is 1. The molecule has 0 radical (unpaired) electrons. The van der Waals surface area contributed by atoms with Crippen molar-refractivity contribution in [1.82, 2.24) is 4.98 Å². The summed E-state index contributed by atoms with van der Waals surface area (Å²) >= 11 is 0. The number of ether oxygens (including phenoxy) is 3. The van der Waals surface area contributed by atoms with E-state index in [-0.39, 0.29) is 17.1 Å². The van der Waals surface area contributed by atoms with Gasteiger partial charge in [-0.05, 0) is 23.1 Å². The number of hydrogen-bond donors (Lipinski definition) is 2. The molecule has 1 aromatic heterocycles. The van der Waals surface area contributed by atoms with Gasteiger partial charge in [0.25, 0.3) is 0 Å². The number of ketones is 1. The largest absolute Gasteiger partial charge is 0.497 e. The lowest BCUT2D eigenvalue weighted by molar-refractivity contribution is -0.910. The Hall–Kier alpha value is -2.97. The maximum Gasteiger partial charge on any atom is 0.305 e. The van der Waals surface area contributed by atoms with Crippen molar-refractivity contribution in [3.05, 3.63) is 53.1 Å². The standard InChI is InChI=1S/C27H34N4O4/c1-27(2)15-20(32)23-21(16-27)35-26-24(22(23)18-5-7-19(33-3)8-6-18)25(28)31(17-29-26)10-4-9-30-11-13-34-14-12-30/h5-8,17,22,28H,4,9-16H2,1-3H3/p+2/t22-/m0/s1. The quantitative estimate of drug-likeness (QED) is 0.608. The van der Waals surface area contributed by atoms with Gasteiger partial charge in [-0.1, -0.05) is 31.0 Å². The molecule has 2 aliphatic heterocycles. The predicted molar refractivity (Wildman–Crippen MR) is 130 cm³/mol. The number of Topliss-reactive ketones (excluding diaryl/α,β-unsaturated/α-hetero) is 1. The Morgan fingerprint density at radius 2 is 1.94 bits per heavy atom. The number of carbonyl (C=O) groups excluding carboxylic acids is 1. The summed E-state index contributed by atoms with van der Waals surface area (Å²) in [7, 11) is 1.65. The van der Waals surface area contributed by atoms with E-state index >= 15 is 0 Å². The van der Waals surface area contributed by atoms with Gasteiger partial charge in [0, 0.05) is 24.8 Å². The Morgan fingerprint density at radius 3 is 2.66 bits per heavy atom. The lowest BCUT2D eigenvalue weighted by Gasteiger charge is -2.37. The average molecular weight is 481 g/mol. The van der Waals surface area contributed by atoms with Crippen molar-refractivity contribution in [2.75, 3.05) is 45.7 Å². The number of carbonyl (C=O) groups is 1. The van der Waals surface area contributed by atoms with E-state index in [9.17, 15) is 4.79 Å². The first-order valence-electron chi connectivity index (χ1n) is 12.5. The summed E-state index contributed by atoms with van der Waals surface area (Å²) in [4.78, 5) is 19.7. The van der Waals surface area contributed by atoms with Crippen LogP contribution >= 0.6 is 0 Å². The summed E-state index contributed by atoms with van der Waals surface area (Å²) < 4.78 is 19.1. The molecule has 0 bridgehead atoms. The summed E-state index contributed by atoms with van der Waals surface area (Å²) in [6.07, 6.45) is 3.94. The third kappa shape index (κ3) is 4.77. The van der Waals surface area contributed by atoms with Crippen molar-refractivity contribution >= 4 is 11.6 Å². The molecule has 5 rings (SSSR count). The third-order valence-corrected chi connectivity index (χ3v) is 7.38. The number of quaternary nitrogens is 1. The van der Waals surface area contributed by atoms with E-state index in [4.69, 9.17) is 19.9 Å². The van der Waals surface area contributed by atoms with Gasteiger partial charge in [0.2, 0.25) is 12.1 Å². The molecule has 1 saturated heterocycles. The zero-order chi connectivity index (χ0) is 24.6. The van der Waals surface area contributed by atoms with Gasteiger partial charge in [-0.15, -0.1) is 0 Å². The van der Waals surface area contributed by atoms with Gasteiger partial charge >= 0.3 is 5.88 Å². The van der Waals surface area contributed by atoms with E-state index in [1.165, 1.54) is 0 Å². The molecule has 3 aliphatic rings. The molecule has 8 nitrogen and oxygen atoms in total. The molecule has 1 atom stereocenters. The fourth-order valence-electron chi connectivity index (χ4n) is 5.54. The molecule has 1 aliphatic carbocycles. The lowest BCUT2D eigenvalue weighted by atomic mass is 9.70. The van der Waals surface area contributed by atoms with E-state index in [1.54, 1.807) is 18.3 Å². The van der Waals surface area contributed by atoms with E-state index in [2.05, 4.69) is 18.8 Å². The summed E-state index contributed by atoms with van der Waals surface area (Å²) in [6, 6.07) is 7.87. The normalized spacial score (nSPS) is 21.8. The molecule has 35 heavy (non-hydrogen) atoms. The molecular weight excluding hydrogens is 444 g/mol. The number of aromatic nitrogens is 2. The minimum Gasteiger partial charge on any atom is -0.497 e. The molecular formula is C27H36N4O4+2. The summed E-state index contributed by atoms with van der Waals surface area (Å²) in [5.74, 6) is 2.41. The number of aryl methyl sites for hydroxylation is 1. The van der Waals surface area contributed by atoms with Crippen LogP contribution in [0.4, 0.5) is 5.82 Å². The molecule has 0 amide bonds. The molecule has 186 valence electrons. The third-order valence-electron chi connectivity index (χ3n) is 7.38. The van der Waals surface area contributed by atoms with Gasteiger partial charge in [-0.3, -0.25) is 4.79 Å². The van der Waals surface area contributed by atoms with Crippen molar-refractivity contribution < 1.29 is 28.5 Å². The maximum atomic E-state index is 13.5. The molecule has 8 heteroatoms. The van der Waals surface area contributed by atoms with Crippen LogP contribution in [0.1, 0.15) is 50.2 Å². The predicted octanol–water partition coefficient (Wildman–Crippen LogP) is 1.43. The molecule has 3 N–H and O–H groups in total. The molecule has 1 aromatic carbocycles. The van der Waals surface area contributed by atoms with Gasteiger partial charge in [0.15, 0.2) is 5.78 Å². The second-order valence-corrected chi connectivity index (χ2v) is 10.6. The number of allylic oxidation sites excluding steroid dienone is 2. The summed E-state index contributed by atoms with van der Waals surface area (Å²) in [5.41, 5.74) is 9.11. The summed E-state index contributed by atoms with van der Waals surface area (Å²) in [5, 5.41) is 0. The van der Waals surface area contributed by atoms with E-state index < -0.39 is 0 Å². The number of nitrogens with one attached hydrogen (secondary N) is 1. The van der Waals surface area contributed by atoms with Gasteiger partial charge in [0.1, 0.15) is 30.2 Å². The zero-order valence-electron chi connectivity index (χ0n) is 20.9. The molecule has 0 unspecified atom stereocenters. The van der Waals surface area contributed by atoms with Crippen molar-refractivity contribution in [1.29, 1.82) is 0 Å². The van der Waals surface area contributed by atoms with Crippen molar-refractivity contribution in [3.8, 4) is 11.6 Å². The van der Waals surface area contributed by atoms with Crippen LogP contribution in [-0.4, -0.2) is 50.7 Å². The number of nitrogens with zero attached hydrogens (tertiary/aromatic N) is 2. The Bertz CT molecular complexity index is 1140. The molecule has 2 aromatic rings. The second-order valence-electron chi connectivity index (χ2n) is 10.6. The monoisotopic (exact) mass is 480 g/mol. The number of methoxy groups -OCH3 is 1. The smallest absolute Gasteiger partial charge is 0.305 e. The number of nitrogens with two attached hydrogens (primary N) is 1. The van der Waals surface area contributed by atoms with Crippen LogP contribution in [0.5, 0.6) is 11.6 Å². The van der Waals surface area contributed by atoms with Gasteiger partial charge in [-0.2, -0.15) is 0 Å². The maximum absolute atomic E-state index is 13.5. The van der Waals surface area contributed by atoms with Crippen molar-refractivity contribution in [3.63, 3.8) is 0 Å². The first-order chi connectivity index (χ1) is 16.9. The van der Waals surface area contributed by atoms with Gasteiger partial charge in [0.05, 0.1) is 39.3 Å². The first kappa shape index (κ1) is 23.8. The molecule has 3 heterocycles. The van der Waals surface area contributed by atoms with Crippen LogP contribution in [0.3, 0.4) is 0 Å². The van der Waals surface area contributed by atoms with Crippen molar-refractivity contribution in [2.24, 2.45) is 5.41 Å². The zero-order valence-corrected chi connectivity index (χ0v) is 20.9. The number of morpholine rings is 1. The number of nitrogen functional groups attached to an aromatic ring is 1. The SMILES string of the molecule is COc1ccc([C@H]2C3=C(CC(C)(C)CC3=O)Oc3nc[n+](CCC[NH+]4CCOCC4)c(N)c32)cc1. The summed E-state index contributed by atoms with van der Waals surface area (Å²) in [6.45, 7) is 9.78. The average Bonchev–Trinajstić information content (AvgIpc) is 2.84. The first-order valence-corrected chi connectivity index (χ1v) is 12.5. The number of rotatable bonds is 6. The van der Waals surface area contributed by atoms with Gasteiger partial charge < -0.3 is 24.8 Å². The van der Waals surface area contributed by atoms with Gasteiger partial charge in [-0.25, -0.2) is 4.57 Å². The number of benzene rings is 1. The van der Waals surface area contributed by atoms with E-state index in [1.807, 2.05) is 28.8 Å². The van der Waals surface area contributed by atoms with Crippen LogP contribution < -0.4 is 24.7 Å². The Morgan fingerprint density at radius 1 is 1.20 bits per heavy atom. The Labute approximate surface area is 206 Å². The number of hydrogen-bond acceptors (Lipinski definition) is 6. The second kappa shape index (κ2) is 9.59. The minimum absolute atomic E-state index is 0.119. The van der Waals surface area contributed by atoms with Crippen LogP contribution in [0, 0.1) is 5.41 Å². The minimum atomic E-state index is -0.312. The fourth-order valence-corrected chi connectivity index (χ4v) is 5.54. The molecule has 0 saturated carbocycles. The van der Waals surface area contributed by atoms with Crippen LogP contribution in [0.25, 0.3) is 0 Å². The van der Waals surface area contributed by atoms with E-state index in [0.717, 1.165) is 68.4 Å². The highest BCUT2D eigenvalue weighted by Crippen LogP contribution is 2.50. The molecule has 1 fully saturated rings. The Kier molecular flexibility index (Phi) is 6.51. The molecule has 0 spiro atoms. The van der Waals surface area contributed by atoms with Crippen LogP contribution in [-0.2, 0) is 16.1 Å². The van der Waals surface area contributed by atoms with Crippen LogP contribution in [0.2, 0.25) is 0 Å². The number of fused-ring (bicyclic) bond motifs is 1. The topological polar surface area (TPSA) is 92.0 Å². The van der Waals surface area contributed by atoms with Crippen molar-refractivity contribution in [2.45, 2.75) is 45.6 Å². The highest BCUT2D eigenvalue weighted by Gasteiger charge is 2.45. The highest BCUT2D eigenvalue weighted by atomic mass is 16.5. The van der Waals surface area contributed by atoms with Crippen LogP contribution in [0.15, 0.2) is 41.9 Å².